The first-order valence-corrected chi connectivity index (χ1v) is 6.10. The minimum atomic E-state index is -0.532. The number of hydrogen-bond donors (Lipinski definition) is 3. The number of amides is 3. The van der Waals surface area contributed by atoms with E-state index in [0.29, 0.717) is 11.4 Å². The van der Waals surface area contributed by atoms with Crippen molar-refractivity contribution in [2.24, 2.45) is 5.73 Å². The quantitative estimate of drug-likeness (QED) is 0.727. The minimum absolute atomic E-state index is 0.123. The van der Waals surface area contributed by atoms with Gasteiger partial charge in [-0.05, 0) is 37.6 Å². The van der Waals surface area contributed by atoms with Crippen LogP contribution in [0.2, 0.25) is 0 Å². The SMILES string of the molecule is CCC(C)NC(=O)Nc1ccc(OCC(N)=O)cc1. The van der Waals surface area contributed by atoms with Crippen molar-refractivity contribution < 1.29 is 14.3 Å². The third-order valence-electron chi connectivity index (χ3n) is 2.48. The minimum Gasteiger partial charge on any atom is -0.484 e. The molecule has 1 atom stereocenters. The molecule has 0 heterocycles. The summed E-state index contributed by atoms with van der Waals surface area (Å²) in [5.74, 6) is -0.0122. The molecule has 0 radical (unpaired) electrons. The van der Waals surface area contributed by atoms with Gasteiger partial charge in [-0.25, -0.2) is 4.79 Å². The summed E-state index contributed by atoms with van der Waals surface area (Å²) in [5, 5.41) is 5.49. The van der Waals surface area contributed by atoms with Gasteiger partial charge in [0.05, 0.1) is 0 Å². The highest BCUT2D eigenvalue weighted by Gasteiger charge is 2.05. The molecule has 1 unspecified atom stereocenters. The molecule has 0 saturated heterocycles. The zero-order valence-electron chi connectivity index (χ0n) is 11.1. The van der Waals surface area contributed by atoms with Crippen LogP contribution in [0.15, 0.2) is 24.3 Å². The number of nitrogens with one attached hydrogen (secondary N) is 2. The van der Waals surface area contributed by atoms with E-state index in [2.05, 4.69) is 10.6 Å². The Morgan fingerprint density at radius 1 is 1.32 bits per heavy atom. The number of anilines is 1. The van der Waals surface area contributed by atoms with Crippen LogP contribution in [0.3, 0.4) is 0 Å². The van der Waals surface area contributed by atoms with E-state index < -0.39 is 5.91 Å². The molecular formula is C13H19N3O3. The van der Waals surface area contributed by atoms with Gasteiger partial charge in [-0.3, -0.25) is 4.79 Å². The van der Waals surface area contributed by atoms with Gasteiger partial charge >= 0.3 is 6.03 Å². The van der Waals surface area contributed by atoms with Gasteiger partial charge in [0.2, 0.25) is 0 Å². The summed E-state index contributed by atoms with van der Waals surface area (Å²) in [5.41, 5.74) is 5.61. The number of carbonyl (C=O) groups is 2. The Morgan fingerprint density at radius 3 is 2.47 bits per heavy atom. The summed E-state index contributed by atoms with van der Waals surface area (Å²) in [6, 6.07) is 6.56. The van der Waals surface area contributed by atoms with Gasteiger partial charge in [0, 0.05) is 11.7 Å². The molecule has 0 fully saturated rings. The Hall–Kier alpha value is -2.24. The van der Waals surface area contributed by atoms with Gasteiger partial charge < -0.3 is 21.1 Å². The summed E-state index contributed by atoms with van der Waals surface area (Å²) >= 11 is 0. The lowest BCUT2D eigenvalue weighted by molar-refractivity contribution is -0.119. The summed E-state index contributed by atoms with van der Waals surface area (Å²) in [6.07, 6.45) is 0.868. The van der Waals surface area contributed by atoms with Crippen LogP contribution < -0.4 is 21.1 Å². The second kappa shape index (κ2) is 7.25. The van der Waals surface area contributed by atoms with Crippen molar-refractivity contribution in [3.8, 4) is 5.75 Å². The standard InChI is InChI=1S/C13H19N3O3/c1-3-9(2)15-13(18)16-10-4-6-11(7-5-10)19-8-12(14)17/h4-7,9H,3,8H2,1-2H3,(H2,14,17)(H2,15,16,18). The molecule has 6 nitrogen and oxygen atoms in total. The van der Waals surface area contributed by atoms with Crippen LogP contribution in [0.25, 0.3) is 0 Å². The van der Waals surface area contributed by atoms with Gasteiger partial charge in [-0.1, -0.05) is 6.92 Å². The predicted octanol–water partition coefficient (Wildman–Crippen LogP) is 1.47. The second-order valence-corrected chi connectivity index (χ2v) is 4.19. The van der Waals surface area contributed by atoms with E-state index in [0.717, 1.165) is 6.42 Å². The van der Waals surface area contributed by atoms with Crippen molar-refractivity contribution >= 4 is 17.6 Å². The van der Waals surface area contributed by atoms with Crippen LogP contribution >= 0.6 is 0 Å². The van der Waals surface area contributed by atoms with Crippen LogP contribution in [0.5, 0.6) is 5.75 Å². The smallest absolute Gasteiger partial charge is 0.319 e. The largest absolute Gasteiger partial charge is 0.484 e. The van der Waals surface area contributed by atoms with Crippen molar-refractivity contribution in [1.29, 1.82) is 0 Å². The van der Waals surface area contributed by atoms with E-state index in [4.69, 9.17) is 10.5 Å². The number of rotatable bonds is 6. The lowest BCUT2D eigenvalue weighted by Crippen LogP contribution is -2.35. The van der Waals surface area contributed by atoms with Crippen molar-refractivity contribution in [2.45, 2.75) is 26.3 Å². The van der Waals surface area contributed by atoms with Gasteiger partial charge in [0.1, 0.15) is 5.75 Å². The summed E-state index contributed by atoms with van der Waals surface area (Å²) in [7, 11) is 0. The molecule has 1 rings (SSSR count). The molecule has 0 bridgehead atoms. The Labute approximate surface area is 112 Å². The third kappa shape index (κ3) is 5.76. The van der Waals surface area contributed by atoms with Crippen LogP contribution in [0, 0.1) is 0 Å². The first-order valence-electron chi connectivity index (χ1n) is 6.10. The van der Waals surface area contributed by atoms with Crippen LogP contribution in [0.1, 0.15) is 20.3 Å². The predicted molar refractivity (Wildman–Crippen MR) is 73.0 cm³/mol. The summed E-state index contributed by atoms with van der Waals surface area (Å²) < 4.78 is 5.11. The fourth-order valence-corrected chi connectivity index (χ4v) is 1.28. The second-order valence-electron chi connectivity index (χ2n) is 4.19. The fourth-order valence-electron chi connectivity index (χ4n) is 1.28. The van der Waals surface area contributed by atoms with E-state index in [9.17, 15) is 9.59 Å². The highest BCUT2D eigenvalue weighted by atomic mass is 16.5. The van der Waals surface area contributed by atoms with Crippen molar-refractivity contribution in [2.75, 3.05) is 11.9 Å². The number of carbonyl (C=O) groups excluding carboxylic acids is 2. The molecule has 0 aliphatic rings. The maximum atomic E-state index is 11.6. The third-order valence-corrected chi connectivity index (χ3v) is 2.48. The van der Waals surface area contributed by atoms with E-state index in [1.807, 2.05) is 13.8 Å². The summed E-state index contributed by atoms with van der Waals surface area (Å²) in [4.78, 5) is 22.1. The molecule has 0 spiro atoms. The van der Waals surface area contributed by atoms with E-state index in [1.54, 1.807) is 24.3 Å². The van der Waals surface area contributed by atoms with E-state index in [1.165, 1.54) is 0 Å². The molecule has 0 aliphatic heterocycles. The van der Waals surface area contributed by atoms with Crippen molar-refractivity contribution in [3.63, 3.8) is 0 Å². The van der Waals surface area contributed by atoms with Crippen LogP contribution in [-0.4, -0.2) is 24.6 Å². The number of ether oxygens (including phenoxy) is 1. The Kier molecular flexibility index (Phi) is 5.66. The fraction of sp³-hybridized carbons (Fsp3) is 0.385. The highest BCUT2D eigenvalue weighted by Crippen LogP contribution is 2.15. The van der Waals surface area contributed by atoms with Crippen molar-refractivity contribution in [1.82, 2.24) is 5.32 Å². The lowest BCUT2D eigenvalue weighted by atomic mass is 10.3. The molecule has 0 saturated carbocycles. The molecule has 104 valence electrons. The molecular weight excluding hydrogens is 246 g/mol. The van der Waals surface area contributed by atoms with Gasteiger partial charge in [-0.2, -0.15) is 0 Å². The van der Waals surface area contributed by atoms with Crippen LogP contribution in [0.4, 0.5) is 10.5 Å². The van der Waals surface area contributed by atoms with Gasteiger partial charge in [-0.15, -0.1) is 0 Å². The molecule has 0 aromatic heterocycles. The van der Waals surface area contributed by atoms with E-state index in [-0.39, 0.29) is 18.7 Å². The summed E-state index contributed by atoms with van der Waals surface area (Å²) in [6.45, 7) is 3.76. The molecule has 0 aliphatic carbocycles. The average Bonchev–Trinajstić information content (AvgIpc) is 2.37. The normalized spacial score (nSPS) is 11.5. The Bertz CT molecular complexity index is 431. The maximum absolute atomic E-state index is 11.6. The van der Waals surface area contributed by atoms with Gasteiger partial charge in [0.15, 0.2) is 6.61 Å². The highest BCUT2D eigenvalue weighted by molar-refractivity contribution is 5.89. The zero-order chi connectivity index (χ0) is 14.3. The molecule has 3 amide bonds. The maximum Gasteiger partial charge on any atom is 0.319 e. The topological polar surface area (TPSA) is 93.4 Å². The molecule has 19 heavy (non-hydrogen) atoms. The number of urea groups is 1. The van der Waals surface area contributed by atoms with Crippen molar-refractivity contribution in [3.05, 3.63) is 24.3 Å². The first kappa shape index (κ1) is 14.8. The lowest BCUT2D eigenvalue weighted by Gasteiger charge is -2.12. The Morgan fingerprint density at radius 2 is 1.95 bits per heavy atom. The molecule has 4 N–H and O–H groups in total. The van der Waals surface area contributed by atoms with E-state index >= 15 is 0 Å². The average molecular weight is 265 g/mol. The van der Waals surface area contributed by atoms with Crippen LogP contribution in [-0.2, 0) is 4.79 Å². The number of hydrogen-bond acceptors (Lipinski definition) is 3. The monoisotopic (exact) mass is 265 g/mol. The first-order chi connectivity index (χ1) is 9.01. The number of benzene rings is 1. The zero-order valence-corrected chi connectivity index (χ0v) is 11.1. The molecule has 1 aromatic carbocycles. The molecule has 1 aromatic rings. The van der Waals surface area contributed by atoms with Gasteiger partial charge in [0.25, 0.3) is 5.91 Å². The molecule has 6 heteroatoms. The number of nitrogens with two attached hydrogens (primary N) is 1. The Balaban J connectivity index is 2.47. The number of primary amides is 1.